The molecule has 1 saturated heterocycles. The predicted molar refractivity (Wildman–Crippen MR) is 170 cm³/mol. The van der Waals surface area contributed by atoms with Crippen LogP contribution in [0.3, 0.4) is 0 Å². The number of Topliss-reactive ketones (excluding diaryl/α,β-unsaturated/α-hetero) is 1. The third-order valence-electron chi connectivity index (χ3n) is 8.49. The van der Waals surface area contributed by atoms with Gasteiger partial charge in [0.25, 0.3) is 0 Å². The predicted octanol–water partition coefficient (Wildman–Crippen LogP) is 7.58. The van der Waals surface area contributed by atoms with Crippen molar-refractivity contribution in [2.45, 2.75) is 45.1 Å². The molecule has 1 saturated carbocycles. The van der Waals surface area contributed by atoms with Gasteiger partial charge < -0.3 is 4.74 Å². The van der Waals surface area contributed by atoms with E-state index in [1.807, 2.05) is 25.1 Å². The Morgan fingerprint density at radius 1 is 0.932 bits per heavy atom. The summed E-state index contributed by atoms with van der Waals surface area (Å²) in [5.74, 6) is -1.64. The molecule has 0 bridgehead atoms. The number of aromatic nitrogens is 1. The molecule has 1 aliphatic carbocycles. The third-order valence-corrected chi connectivity index (χ3v) is 8.96. The van der Waals surface area contributed by atoms with Crippen molar-refractivity contribution in [3.8, 4) is 11.3 Å². The van der Waals surface area contributed by atoms with Gasteiger partial charge >= 0.3 is 5.97 Å². The van der Waals surface area contributed by atoms with Crippen LogP contribution < -0.4 is 4.90 Å². The van der Waals surface area contributed by atoms with Crippen LogP contribution in [0, 0.1) is 18.8 Å². The highest BCUT2D eigenvalue weighted by atomic mass is 35.5. The van der Waals surface area contributed by atoms with Gasteiger partial charge in [-0.1, -0.05) is 48.2 Å². The molecule has 9 heteroatoms. The van der Waals surface area contributed by atoms with Crippen LogP contribution in [-0.4, -0.2) is 40.5 Å². The number of imide groups is 1. The first-order chi connectivity index (χ1) is 21.2. The van der Waals surface area contributed by atoms with Crippen molar-refractivity contribution < 1.29 is 23.9 Å². The van der Waals surface area contributed by atoms with E-state index in [1.165, 1.54) is 4.90 Å². The Kier molecular flexibility index (Phi) is 8.52. The Morgan fingerprint density at radius 3 is 2.23 bits per heavy atom. The van der Waals surface area contributed by atoms with Gasteiger partial charge in [0.05, 0.1) is 34.3 Å². The second-order valence-corrected chi connectivity index (χ2v) is 12.2. The lowest BCUT2D eigenvalue weighted by Gasteiger charge is -2.19. The van der Waals surface area contributed by atoms with E-state index in [-0.39, 0.29) is 47.3 Å². The van der Waals surface area contributed by atoms with Crippen molar-refractivity contribution >= 4 is 63.4 Å². The fraction of sp³-hybridized carbons (Fsp3) is 0.286. The number of hydrogen-bond acceptors (Lipinski definition) is 6. The number of ether oxygens (including phenoxy) is 1. The molecule has 224 valence electrons. The van der Waals surface area contributed by atoms with Crippen molar-refractivity contribution in [2.24, 2.45) is 11.8 Å². The average molecular weight is 630 g/mol. The van der Waals surface area contributed by atoms with E-state index in [1.54, 1.807) is 54.6 Å². The van der Waals surface area contributed by atoms with Gasteiger partial charge in [-0.15, -0.1) is 11.6 Å². The van der Waals surface area contributed by atoms with E-state index in [0.717, 1.165) is 31.2 Å². The number of esters is 1. The monoisotopic (exact) mass is 628 g/mol. The fourth-order valence-corrected chi connectivity index (χ4v) is 6.51. The van der Waals surface area contributed by atoms with Gasteiger partial charge in [-0.25, -0.2) is 9.78 Å². The summed E-state index contributed by atoms with van der Waals surface area (Å²) in [6, 6.07) is 20.7. The van der Waals surface area contributed by atoms with Gasteiger partial charge in [-0.3, -0.25) is 19.3 Å². The van der Waals surface area contributed by atoms with Gasteiger partial charge in [0.2, 0.25) is 17.6 Å². The zero-order valence-corrected chi connectivity index (χ0v) is 25.6. The minimum atomic E-state index is -1.09. The number of anilines is 1. The lowest BCUT2D eigenvalue weighted by molar-refractivity contribution is -0.122. The summed E-state index contributed by atoms with van der Waals surface area (Å²) in [7, 11) is 0. The third kappa shape index (κ3) is 5.74. The summed E-state index contributed by atoms with van der Waals surface area (Å²) in [5.41, 5.74) is 3.86. The lowest BCUT2D eigenvalue weighted by atomic mass is 9.81. The molecule has 7 nitrogen and oxygen atoms in total. The zero-order chi connectivity index (χ0) is 31.0. The molecule has 44 heavy (non-hydrogen) atoms. The SMILES string of the molecule is Cc1ccc2nc(-c3ccc(N4C(=O)C5CCCCC5C4=O)cc3)cc(C(=O)OC(CCCl)C(=O)c3ccc(Cl)cc3)c2c1. The summed E-state index contributed by atoms with van der Waals surface area (Å²) in [4.78, 5) is 59.2. The van der Waals surface area contributed by atoms with Crippen LogP contribution in [0.5, 0.6) is 0 Å². The molecule has 2 aliphatic rings. The molecular weight excluding hydrogens is 599 g/mol. The molecule has 6 rings (SSSR count). The molecule has 1 aliphatic heterocycles. The van der Waals surface area contributed by atoms with E-state index < -0.39 is 12.1 Å². The van der Waals surface area contributed by atoms with Gasteiger partial charge in [-0.05, 0) is 74.4 Å². The van der Waals surface area contributed by atoms with Gasteiger partial charge in [0.1, 0.15) is 0 Å². The second-order valence-electron chi connectivity index (χ2n) is 11.4. The number of amides is 2. The highest BCUT2D eigenvalue weighted by molar-refractivity contribution is 6.30. The number of hydrogen-bond donors (Lipinski definition) is 0. The van der Waals surface area contributed by atoms with Crippen LogP contribution in [0.15, 0.2) is 72.8 Å². The summed E-state index contributed by atoms with van der Waals surface area (Å²) in [6.07, 6.45) is 2.48. The molecule has 2 heterocycles. The number of fused-ring (bicyclic) bond motifs is 2. The van der Waals surface area contributed by atoms with Crippen LogP contribution in [0.1, 0.15) is 58.4 Å². The number of carbonyl (C=O) groups excluding carboxylic acids is 4. The number of halogens is 2. The normalized spacial score (nSPS) is 18.8. The lowest BCUT2D eigenvalue weighted by Crippen LogP contribution is -2.30. The minimum Gasteiger partial charge on any atom is -0.450 e. The summed E-state index contributed by atoms with van der Waals surface area (Å²) in [6.45, 7) is 1.92. The van der Waals surface area contributed by atoms with Crippen molar-refractivity contribution in [2.75, 3.05) is 10.8 Å². The second kappa shape index (κ2) is 12.5. The van der Waals surface area contributed by atoms with E-state index >= 15 is 0 Å². The average Bonchev–Trinajstić information content (AvgIpc) is 3.29. The van der Waals surface area contributed by atoms with Gasteiger partial charge in [0, 0.05) is 33.8 Å². The molecule has 3 unspecified atom stereocenters. The number of rotatable bonds is 8. The van der Waals surface area contributed by atoms with Crippen LogP contribution in [0.25, 0.3) is 22.2 Å². The fourth-order valence-electron chi connectivity index (χ4n) is 6.19. The highest BCUT2D eigenvalue weighted by Gasteiger charge is 2.48. The number of pyridine rings is 1. The Morgan fingerprint density at radius 2 is 1.59 bits per heavy atom. The molecule has 0 radical (unpaired) electrons. The minimum absolute atomic E-state index is 0.120. The Hall–Kier alpha value is -4.07. The number of carbonyl (C=O) groups is 4. The van der Waals surface area contributed by atoms with Gasteiger partial charge in [-0.2, -0.15) is 0 Å². The molecule has 2 fully saturated rings. The summed E-state index contributed by atoms with van der Waals surface area (Å²) in [5, 5.41) is 1.08. The van der Waals surface area contributed by atoms with Crippen LogP contribution in [0.4, 0.5) is 5.69 Å². The molecule has 4 aromatic rings. The molecular formula is C35H30Cl2N2O5. The van der Waals surface area contributed by atoms with Crippen LogP contribution in [-0.2, 0) is 14.3 Å². The molecule has 0 spiro atoms. The largest absolute Gasteiger partial charge is 0.450 e. The Balaban J connectivity index is 1.31. The standard InChI is InChI=1S/C35H30Cl2N2O5/c1-20-6-15-29-27(18-20)28(35(43)44-31(16-17-36)32(40)22-7-11-23(37)12-8-22)19-30(38-29)21-9-13-24(14-10-21)39-33(41)25-4-2-3-5-26(25)34(39)42/h6-15,18-19,25-26,31H,2-5,16-17H2,1H3. The highest BCUT2D eigenvalue weighted by Crippen LogP contribution is 2.40. The van der Waals surface area contributed by atoms with Crippen LogP contribution >= 0.6 is 23.2 Å². The zero-order valence-electron chi connectivity index (χ0n) is 24.1. The number of benzene rings is 3. The van der Waals surface area contributed by atoms with E-state index in [0.29, 0.717) is 38.4 Å². The Bertz CT molecular complexity index is 1750. The van der Waals surface area contributed by atoms with E-state index in [9.17, 15) is 19.2 Å². The van der Waals surface area contributed by atoms with Crippen molar-refractivity contribution in [3.63, 3.8) is 0 Å². The van der Waals surface area contributed by atoms with Crippen molar-refractivity contribution in [3.05, 3.63) is 94.5 Å². The topological polar surface area (TPSA) is 93.6 Å². The first kappa shape index (κ1) is 30.0. The number of ketones is 1. The number of aryl methyl sites for hydroxylation is 1. The molecule has 1 aromatic heterocycles. The first-order valence-electron chi connectivity index (χ1n) is 14.7. The summed E-state index contributed by atoms with van der Waals surface area (Å²) < 4.78 is 5.80. The first-order valence-corrected chi connectivity index (χ1v) is 15.6. The Labute approximate surface area is 265 Å². The summed E-state index contributed by atoms with van der Waals surface area (Å²) >= 11 is 12.0. The van der Waals surface area contributed by atoms with E-state index in [2.05, 4.69) is 0 Å². The molecule has 0 N–H and O–H groups in total. The smallest absolute Gasteiger partial charge is 0.339 e. The van der Waals surface area contributed by atoms with Gasteiger partial charge in [0.15, 0.2) is 6.10 Å². The maximum absolute atomic E-state index is 13.7. The number of alkyl halides is 1. The quantitative estimate of drug-likeness (QED) is 0.0864. The maximum Gasteiger partial charge on any atom is 0.339 e. The van der Waals surface area contributed by atoms with Crippen molar-refractivity contribution in [1.29, 1.82) is 0 Å². The maximum atomic E-state index is 13.7. The van der Waals surface area contributed by atoms with Crippen molar-refractivity contribution in [1.82, 2.24) is 4.98 Å². The van der Waals surface area contributed by atoms with Crippen LogP contribution in [0.2, 0.25) is 5.02 Å². The van der Waals surface area contributed by atoms with E-state index in [4.69, 9.17) is 32.9 Å². The number of nitrogens with zero attached hydrogens (tertiary/aromatic N) is 2. The molecule has 2 amide bonds. The molecule has 3 aromatic carbocycles. The molecule has 3 atom stereocenters.